The van der Waals surface area contributed by atoms with Crippen LogP contribution in [0.3, 0.4) is 0 Å². The molecule has 0 aliphatic heterocycles. The van der Waals surface area contributed by atoms with Crippen LogP contribution >= 0.6 is 9.24 Å². The Morgan fingerprint density at radius 3 is 2.15 bits per heavy atom. The molecule has 1 aromatic carbocycles. The van der Waals surface area contributed by atoms with Crippen molar-refractivity contribution in [2.24, 2.45) is 5.73 Å². The van der Waals surface area contributed by atoms with Crippen molar-refractivity contribution in [2.45, 2.75) is 56.1 Å². The average molecular weight is 391 g/mol. The molecule has 13 N–H and O–H groups in total. The maximum Gasteiger partial charge on any atom is 0.237 e. The molecule has 1 saturated carbocycles. The number of nitrogen functional groups attached to an aromatic ring is 5. The summed E-state index contributed by atoms with van der Waals surface area (Å²) in [6.07, 6.45) is 6.70. The van der Waals surface area contributed by atoms with Gasteiger partial charge in [0.2, 0.25) is 5.55 Å². The lowest BCUT2D eigenvalue weighted by atomic mass is 9.86. The standard InChI is InChI=1S/C18H30N7OP/c19-11-9(8-4-1-2-6-18(25,27)7-3-5-8)16-10(12(20)14(11)22)13(21)15(23)17(24)26-16/h8,24H,1-7,19-23,25,27H2. The zero-order valence-corrected chi connectivity index (χ0v) is 16.6. The van der Waals surface area contributed by atoms with Crippen molar-refractivity contribution in [3.05, 3.63) is 11.1 Å². The van der Waals surface area contributed by atoms with Gasteiger partial charge in [0.25, 0.3) is 0 Å². The van der Waals surface area contributed by atoms with Gasteiger partial charge in [0.1, 0.15) is 11.3 Å². The van der Waals surface area contributed by atoms with Crippen molar-refractivity contribution in [3.63, 3.8) is 0 Å². The summed E-state index contributed by atoms with van der Waals surface area (Å²) in [6, 6.07) is 0. The lowest BCUT2D eigenvalue weighted by Crippen LogP contribution is -2.31. The van der Waals surface area contributed by atoms with E-state index in [-0.39, 0.29) is 39.5 Å². The minimum absolute atomic E-state index is 0.0507. The van der Waals surface area contributed by atoms with Gasteiger partial charge in [-0.25, -0.2) is 0 Å². The van der Waals surface area contributed by atoms with Crippen molar-refractivity contribution >= 4 is 48.6 Å². The second kappa shape index (κ2) is 7.09. The summed E-state index contributed by atoms with van der Waals surface area (Å²) >= 11 is 0. The second-order valence-electron chi connectivity index (χ2n) is 7.69. The zero-order chi connectivity index (χ0) is 19.9. The third kappa shape index (κ3) is 3.51. The van der Waals surface area contributed by atoms with Crippen LogP contribution in [0.25, 0.3) is 11.0 Å². The van der Waals surface area contributed by atoms with Gasteiger partial charge < -0.3 is 38.8 Å². The average Bonchev–Trinajstić information content (AvgIpc) is 2.68. The van der Waals surface area contributed by atoms with E-state index in [9.17, 15) is 0 Å². The van der Waals surface area contributed by atoms with Gasteiger partial charge in [-0.1, -0.05) is 19.3 Å². The van der Waals surface area contributed by atoms with Crippen molar-refractivity contribution in [2.75, 3.05) is 28.7 Å². The van der Waals surface area contributed by atoms with Gasteiger partial charge >= 0.3 is 0 Å². The third-order valence-electron chi connectivity index (χ3n) is 5.67. The third-order valence-corrected chi connectivity index (χ3v) is 6.25. The maximum absolute atomic E-state index is 8.01. The summed E-state index contributed by atoms with van der Waals surface area (Å²) in [5.74, 6) is 0.125. The van der Waals surface area contributed by atoms with Crippen molar-refractivity contribution in [1.29, 1.82) is 5.41 Å². The van der Waals surface area contributed by atoms with Crippen LogP contribution in [0.4, 0.5) is 28.4 Å². The molecule has 2 aromatic rings. The van der Waals surface area contributed by atoms with E-state index in [1.165, 1.54) is 0 Å². The molecule has 9 heteroatoms. The molecule has 3 unspecified atom stereocenters. The quantitative estimate of drug-likeness (QED) is 0.286. The molecule has 0 saturated heterocycles. The minimum Gasteiger partial charge on any atom is -0.436 e. The Hall–Kier alpha value is -2.18. The van der Waals surface area contributed by atoms with Crippen molar-refractivity contribution in [3.8, 4) is 0 Å². The monoisotopic (exact) mass is 391 g/mol. The molecule has 1 heterocycles. The summed E-state index contributed by atoms with van der Waals surface area (Å²) in [4.78, 5) is 0. The molecule has 8 nitrogen and oxygen atoms in total. The Kier molecular flexibility index (Phi) is 5.14. The topological polar surface area (TPSA) is 193 Å². The lowest BCUT2D eigenvalue weighted by molar-refractivity contribution is 0.484. The number of nitrogens with two attached hydrogens (primary N) is 6. The molecular formula is C18H30N7OP. The highest BCUT2D eigenvalue weighted by atomic mass is 31.0. The molecule has 1 fully saturated rings. The highest BCUT2D eigenvalue weighted by molar-refractivity contribution is 7.18. The molecular weight excluding hydrogens is 361 g/mol. The van der Waals surface area contributed by atoms with Crippen LogP contribution in [0.5, 0.6) is 0 Å². The minimum atomic E-state index is -0.222. The molecule has 3 rings (SSSR count). The second-order valence-corrected chi connectivity index (χ2v) is 8.84. The van der Waals surface area contributed by atoms with E-state index >= 15 is 0 Å². The predicted molar refractivity (Wildman–Crippen MR) is 116 cm³/mol. The van der Waals surface area contributed by atoms with Crippen LogP contribution in [0, 0.1) is 5.41 Å². The Labute approximate surface area is 160 Å². The fourth-order valence-corrected chi connectivity index (χ4v) is 4.49. The van der Waals surface area contributed by atoms with Gasteiger partial charge in [-0.3, -0.25) is 5.41 Å². The molecule has 0 amide bonds. The number of hydrogen-bond donors (Lipinski definition) is 7. The van der Waals surface area contributed by atoms with Gasteiger partial charge in [-0.2, -0.15) is 0 Å². The van der Waals surface area contributed by atoms with Gasteiger partial charge in [-0.15, -0.1) is 9.24 Å². The van der Waals surface area contributed by atoms with Crippen LogP contribution in [0.1, 0.15) is 56.4 Å². The number of nitrogens with one attached hydrogen (secondary N) is 1. The number of rotatable bonds is 1. The molecule has 0 spiro atoms. The van der Waals surface area contributed by atoms with E-state index < -0.39 is 0 Å². The lowest BCUT2D eigenvalue weighted by Gasteiger charge is -2.24. The summed E-state index contributed by atoms with van der Waals surface area (Å²) in [5.41, 5.74) is 39.3. The Morgan fingerprint density at radius 2 is 1.44 bits per heavy atom. The Balaban J connectivity index is 2.19. The van der Waals surface area contributed by atoms with Gasteiger partial charge in [0, 0.05) is 10.8 Å². The number of hydrogen-bond acceptors (Lipinski definition) is 8. The summed E-state index contributed by atoms with van der Waals surface area (Å²) < 4.78 is 5.74. The normalized spacial score (nSPS) is 24.3. The van der Waals surface area contributed by atoms with Crippen LogP contribution in [-0.4, -0.2) is 5.28 Å². The summed E-state index contributed by atoms with van der Waals surface area (Å²) in [5, 5.41) is 8.24. The molecule has 0 bridgehead atoms. The first-order chi connectivity index (χ1) is 12.6. The fourth-order valence-electron chi connectivity index (χ4n) is 4.08. The molecule has 27 heavy (non-hydrogen) atoms. The van der Waals surface area contributed by atoms with Crippen molar-refractivity contribution in [1.82, 2.24) is 0 Å². The van der Waals surface area contributed by atoms with E-state index in [0.29, 0.717) is 16.7 Å². The molecule has 1 aromatic heterocycles. The highest BCUT2D eigenvalue weighted by Crippen LogP contribution is 2.46. The van der Waals surface area contributed by atoms with Crippen LogP contribution in [-0.2, 0) is 0 Å². The number of fused-ring (bicyclic) bond motifs is 1. The van der Waals surface area contributed by atoms with E-state index in [1.807, 2.05) is 0 Å². The zero-order valence-electron chi connectivity index (χ0n) is 15.5. The molecule has 1 aliphatic carbocycles. The summed E-state index contributed by atoms with van der Waals surface area (Å²) in [7, 11) is 2.79. The largest absolute Gasteiger partial charge is 0.436 e. The Bertz CT molecular complexity index is 938. The Morgan fingerprint density at radius 1 is 0.852 bits per heavy atom. The first kappa shape index (κ1) is 19.6. The molecule has 0 radical (unpaired) electrons. The van der Waals surface area contributed by atoms with Crippen LogP contribution in [0.15, 0.2) is 4.42 Å². The molecule has 1 aliphatic rings. The van der Waals surface area contributed by atoms with Crippen LogP contribution in [0.2, 0.25) is 0 Å². The number of benzene rings is 1. The van der Waals surface area contributed by atoms with Gasteiger partial charge in [0.15, 0.2) is 0 Å². The SMILES string of the molecule is N=c1oc2c(C3CCCCC(N)(P)CCC3)c(N)c(N)c(N)c2c(N)c1N. The van der Waals surface area contributed by atoms with Crippen LogP contribution < -0.4 is 40.0 Å². The van der Waals surface area contributed by atoms with E-state index in [4.69, 9.17) is 44.2 Å². The molecule has 148 valence electrons. The van der Waals surface area contributed by atoms with Crippen molar-refractivity contribution < 1.29 is 4.42 Å². The fraction of sp³-hybridized carbons (Fsp3) is 0.500. The number of anilines is 5. The highest BCUT2D eigenvalue weighted by Gasteiger charge is 2.28. The van der Waals surface area contributed by atoms with Gasteiger partial charge in [-0.05, 0) is 31.6 Å². The first-order valence-electron chi connectivity index (χ1n) is 9.24. The molecule has 3 atom stereocenters. The van der Waals surface area contributed by atoms with E-state index in [2.05, 4.69) is 9.24 Å². The summed E-state index contributed by atoms with van der Waals surface area (Å²) in [6.45, 7) is 0. The first-order valence-corrected chi connectivity index (χ1v) is 9.82. The smallest absolute Gasteiger partial charge is 0.237 e. The predicted octanol–water partition coefficient (Wildman–Crippen LogP) is 2.18. The van der Waals surface area contributed by atoms with E-state index in [0.717, 1.165) is 50.5 Å². The van der Waals surface area contributed by atoms with Gasteiger partial charge in [0.05, 0.1) is 28.1 Å². The maximum atomic E-state index is 8.01. The van der Waals surface area contributed by atoms with E-state index in [1.54, 1.807) is 0 Å².